The van der Waals surface area contributed by atoms with E-state index >= 15 is 0 Å². The molecule has 1 N–H and O–H groups in total. The van der Waals surface area contributed by atoms with Crippen LogP contribution >= 0.6 is 0 Å². The number of fused-ring (bicyclic) bond motifs is 1. The molecule has 1 aromatic carbocycles. The smallest absolute Gasteiger partial charge is 0.243 e. The molecule has 2 aliphatic rings. The third-order valence-electron chi connectivity index (χ3n) is 7.57. The highest BCUT2D eigenvalue weighted by Gasteiger charge is 2.35. The fraction of sp³-hybridized carbons (Fsp3) is 0.414. The summed E-state index contributed by atoms with van der Waals surface area (Å²) in [7, 11) is 1.64. The normalized spacial score (nSPS) is 19.5. The van der Waals surface area contributed by atoms with E-state index < -0.39 is 0 Å². The van der Waals surface area contributed by atoms with Crippen molar-refractivity contribution < 1.29 is 14.3 Å². The van der Waals surface area contributed by atoms with E-state index in [1.54, 1.807) is 31.6 Å². The van der Waals surface area contributed by atoms with Crippen LogP contribution in [-0.4, -0.2) is 91.9 Å². The molecule has 1 unspecified atom stereocenters. The van der Waals surface area contributed by atoms with E-state index in [4.69, 9.17) is 9.47 Å². The molecule has 0 radical (unpaired) electrons. The third kappa shape index (κ3) is 5.54. The Bertz CT molecular complexity index is 1550. The van der Waals surface area contributed by atoms with Crippen LogP contribution in [0, 0.1) is 24.7 Å². The van der Waals surface area contributed by atoms with Gasteiger partial charge in [-0.1, -0.05) is 0 Å². The molecule has 40 heavy (non-hydrogen) atoms. The molecule has 5 heterocycles. The minimum atomic E-state index is -0.236. The van der Waals surface area contributed by atoms with Gasteiger partial charge < -0.3 is 23.9 Å². The van der Waals surface area contributed by atoms with Crippen LogP contribution in [0.3, 0.4) is 0 Å². The largest absolute Gasteiger partial charge is 0.497 e. The number of hydrogen-bond acceptors (Lipinski definition) is 8. The molecule has 0 aliphatic carbocycles. The quantitative estimate of drug-likeness (QED) is 0.370. The van der Waals surface area contributed by atoms with E-state index in [1.807, 2.05) is 34.6 Å². The van der Waals surface area contributed by atoms with Crippen LogP contribution in [0.4, 0.5) is 0 Å². The lowest BCUT2D eigenvalue weighted by Gasteiger charge is -2.41. The minimum absolute atomic E-state index is 0.0164. The summed E-state index contributed by atoms with van der Waals surface area (Å²) in [4.78, 5) is 30.9. The molecule has 11 heteroatoms. The standard InChI is InChI=1S/C29H32N8O3/c1-20-32-25-8-7-24(39-2)14-26(25)37(20)18-28(38)36-12-11-35(16-21-9-13-40-19-21)17-27(36)29-30-15-23(33-29)6-5-22-4-3-10-31-34-22/h3-4,7-8,10,14-15,21,27H,9,11-13,16-19H2,1-2H3,(H,30,33)/t21?,27-/m0/s1. The molecular weight excluding hydrogens is 508 g/mol. The third-order valence-corrected chi connectivity index (χ3v) is 7.57. The average Bonchev–Trinajstić information content (AvgIpc) is 3.73. The number of carbonyl (C=O) groups is 1. The number of aromatic amines is 1. The molecule has 6 rings (SSSR count). The van der Waals surface area contributed by atoms with Crippen molar-refractivity contribution in [3.8, 4) is 17.6 Å². The predicted octanol–water partition coefficient (Wildman–Crippen LogP) is 2.19. The Morgan fingerprint density at radius 3 is 2.98 bits per heavy atom. The van der Waals surface area contributed by atoms with Gasteiger partial charge in [-0.25, -0.2) is 9.97 Å². The molecule has 4 aromatic rings. The monoisotopic (exact) mass is 540 g/mol. The van der Waals surface area contributed by atoms with Crippen LogP contribution < -0.4 is 4.74 Å². The number of nitrogens with one attached hydrogen (secondary N) is 1. The SMILES string of the molecule is COc1ccc2nc(C)n(CC(=O)N3CCN(CC4CCOC4)C[C@H]3c3ncc(C#Cc4cccnn4)[nH]3)c2c1. The second-order valence-corrected chi connectivity index (χ2v) is 10.2. The molecule has 2 aliphatic heterocycles. The molecule has 2 saturated heterocycles. The zero-order chi connectivity index (χ0) is 27.5. The number of rotatable bonds is 6. The Morgan fingerprint density at radius 2 is 2.17 bits per heavy atom. The Kier molecular flexibility index (Phi) is 7.44. The highest BCUT2D eigenvalue weighted by Crippen LogP contribution is 2.27. The number of methoxy groups -OCH3 is 1. The Hall–Kier alpha value is -4.27. The highest BCUT2D eigenvalue weighted by molar-refractivity contribution is 5.82. The summed E-state index contributed by atoms with van der Waals surface area (Å²) < 4.78 is 13.0. The van der Waals surface area contributed by atoms with Gasteiger partial charge in [-0.15, -0.1) is 5.10 Å². The molecule has 0 saturated carbocycles. The van der Waals surface area contributed by atoms with Gasteiger partial charge in [-0.3, -0.25) is 9.69 Å². The molecule has 2 atom stereocenters. The Labute approximate surface area is 232 Å². The first-order chi connectivity index (χ1) is 19.6. The van der Waals surface area contributed by atoms with E-state index in [9.17, 15) is 4.79 Å². The molecule has 2 fully saturated rings. The first-order valence-corrected chi connectivity index (χ1v) is 13.5. The van der Waals surface area contributed by atoms with Crippen molar-refractivity contribution in [3.63, 3.8) is 0 Å². The number of aromatic nitrogens is 6. The van der Waals surface area contributed by atoms with E-state index in [0.29, 0.717) is 30.4 Å². The molecule has 0 bridgehead atoms. The van der Waals surface area contributed by atoms with Gasteiger partial charge in [0, 0.05) is 45.0 Å². The van der Waals surface area contributed by atoms with Gasteiger partial charge in [0.25, 0.3) is 0 Å². The van der Waals surface area contributed by atoms with Crippen LogP contribution in [0.25, 0.3) is 11.0 Å². The maximum atomic E-state index is 13.9. The van der Waals surface area contributed by atoms with Crippen molar-refractivity contribution >= 4 is 16.9 Å². The van der Waals surface area contributed by atoms with Crippen LogP contribution in [0.5, 0.6) is 5.75 Å². The minimum Gasteiger partial charge on any atom is -0.497 e. The number of imidazole rings is 2. The van der Waals surface area contributed by atoms with Crippen LogP contribution in [0.15, 0.2) is 42.7 Å². The molecule has 206 valence electrons. The number of benzene rings is 1. The number of nitrogens with zero attached hydrogens (tertiary/aromatic N) is 7. The average molecular weight is 541 g/mol. The van der Waals surface area contributed by atoms with Crippen LogP contribution in [0.1, 0.15) is 35.5 Å². The zero-order valence-corrected chi connectivity index (χ0v) is 22.7. The summed E-state index contributed by atoms with van der Waals surface area (Å²) in [6.45, 7) is 6.76. The molecular formula is C29H32N8O3. The predicted molar refractivity (Wildman–Crippen MR) is 147 cm³/mol. The lowest BCUT2D eigenvalue weighted by atomic mass is 10.1. The number of hydrogen-bond donors (Lipinski definition) is 1. The van der Waals surface area contributed by atoms with E-state index in [-0.39, 0.29) is 18.5 Å². The molecule has 0 spiro atoms. The first-order valence-electron chi connectivity index (χ1n) is 13.5. The van der Waals surface area contributed by atoms with Gasteiger partial charge in [-0.2, -0.15) is 5.10 Å². The zero-order valence-electron chi connectivity index (χ0n) is 22.7. The molecule has 3 aromatic heterocycles. The number of carbonyl (C=O) groups excluding carboxylic acids is 1. The number of piperazine rings is 1. The fourth-order valence-electron chi connectivity index (χ4n) is 5.47. The molecule has 11 nitrogen and oxygen atoms in total. The Morgan fingerprint density at radius 1 is 1.25 bits per heavy atom. The van der Waals surface area contributed by atoms with Crippen LogP contribution in [0.2, 0.25) is 0 Å². The van der Waals surface area contributed by atoms with Crippen molar-refractivity contribution in [2.24, 2.45) is 5.92 Å². The number of amides is 1. The second-order valence-electron chi connectivity index (χ2n) is 10.2. The molecule has 1 amide bonds. The van der Waals surface area contributed by atoms with Gasteiger partial charge in [0.1, 0.15) is 41.4 Å². The lowest BCUT2D eigenvalue weighted by Crippen LogP contribution is -2.52. The Balaban J connectivity index is 1.25. The van der Waals surface area contributed by atoms with E-state index in [1.165, 1.54) is 0 Å². The maximum absolute atomic E-state index is 13.9. The summed E-state index contributed by atoms with van der Waals surface area (Å²) in [5.41, 5.74) is 2.96. The summed E-state index contributed by atoms with van der Waals surface area (Å²) >= 11 is 0. The maximum Gasteiger partial charge on any atom is 0.243 e. The van der Waals surface area contributed by atoms with E-state index in [0.717, 1.165) is 61.2 Å². The van der Waals surface area contributed by atoms with Crippen molar-refractivity contribution in [3.05, 3.63) is 65.8 Å². The topological polar surface area (TPSA) is 114 Å². The van der Waals surface area contributed by atoms with Gasteiger partial charge in [0.05, 0.1) is 30.9 Å². The summed E-state index contributed by atoms with van der Waals surface area (Å²) in [6.07, 6.45) is 4.40. The van der Waals surface area contributed by atoms with Crippen LogP contribution in [-0.2, 0) is 16.1 Å². The summed E-state index contributed by atoms with van der Waals surface area (Å²) in [5.74, 6) is 8.86. The number of aryl methyl sites for hydroxylation is 1. The van der Waals surface area contributed by atoms with Crippen molar-refractivity contribution in [2.45, 2.75) is 25.9 Å². The second kappa shape index (κ2) is 11.5. The van der Waals surface area contributed by atoms with Crippen molar-refractivity contribution in [1.82, 2.24) is 39.5 Å². The van der Waals surface area contributed by atoms with Gasteiger partial charge in [0.2, 0.25) is 5.91 Å². The first kappa shape index (κ1) is 26.0. The van der Waals surface area contributed by atoms with Gasteiger partial charge in [0.15, 0.2) is 0 Å². The highest BCUT2D eigenvalue weighted by atomic mass is 16.5. The van der Waals surface area contributed by atoms with E-state index in [2.05, 4.69) is 41.9 Å². The van der Waals surface area contributed by atoms with Crippen molar-refractivity contribution in [1.29, 1.82) is 0 Å². The van der Waals surface area contributed by atoms with Gasteiger partial charge in [-0.05, 0) is 55.4 Å². The summed E-state index contributed by atoms with van der Waals surface area (Å²) in [5, 5.41) is 7.89. The number of ether oxygens (including phenoxy) is 2. The van der Waals surface area contributed by atoms with Crippen molar-refractivity contribution in [2.75, 3.05) is 46.5 Å². The van der Waals surface area contributed by atoms with Gasteiger partial charge >= 0.3 is 0 Å². The fourth-order valence-corrected chi connectivity index (χ4v) is 5.47. The summed E-state index contributed by atoms with van der Waals surface area (Å²) in [6, 6.07) is 9.10. The number of H-pyrrole nitrogens is 1. The lowest BCUT2D eigenvalue weighted by molar-refractivity contribution is -0.137.